The molecule has 10 heteroatoms. The molecule has 7 nitrogen and oxygen atoms in total. The predicted octanol–water partition coefficient (Wildman–Crippen LogP) is -0.681. The molecule has 62 valence electrons. The highest BCUT2D eigenvalue weighted by atomic mass is 32.1. The molecule has 0 spiro atoms. The van der Waals surface area contributed by atoms with Gasteiger partial charge in [-0.1, -0.05) is 16.7 Å². The van der Waals surface area contributed by atoms with Crippen LogP contribution in [0.4, 0.5) is 0 Å². The zero-order valence-corrected chi connectivity index (χ0v) is 7.08. The maximum atomic E-state index is 10.0. The van der Waals surface area contributed by atoms with Crippen molar-refractivity contribution in [2.24, 2.45) is 0 Å². The smallest absolute Gasteiger partial charge is 0.312 e. The first kappa shape index (κ1) is 10.6. The van der Waals surface area contributed by atoms with Crippen LogP contribution in [0.3, 0.4) is 0 Å². The lowest BCUT2D eigenvalue weighted by molar-refractivity contribution is 0.311. The Morgan fingerprint density at radius 1 is 1.00 bits per heavy atom. The molecule has 0 aliphatic rings. The molecule has 0 saturated heterocycles. The number of nitrogens with zero attached hydrogens (tertiary/aromatic N) is 1. The SMILES string of the molecule is O=P(O)(O)N(S)P(=O)(O)O. The summed E-state index contributed by atoms with van der Waals surface area (Å²) in [6.45, 7) is 0. The Labute approximate surface area is 61.6 Å². The third-order valence-corrected chi connectivity index (χ3v) is 4.19. The third-order valence-electron chi connectivity index (χ3n) is 0.466. The number of hydrogen-bond acceptors (Lipinski definition) is 3. The van der Waals surface area contributed by atoms with E-state index in [0.29, 0.717) is 0 Å². The lowest BCUT2D eigenvalue weighted by Gasteiger charge is -2.15. The number of hydrogen-bond donors (Lipinski definition) is 5. The topological polar surface area (TPSA) is 118 Å². The Morgan fingerprint density at radius 3 is 1.20 bits per heavy atom. The summed E-state index contributed by atoms with van der Waals surface area (Å²) in [5.41, 5.74) is 0. The van der Waals surface area contributed by atoms with Crippen molar-refractivity contribution < 1.29 is 28.7 Å². The van der Waals surface area contributed by atoms with Crippen LogP contribution < -0.4 is 0 Å². The van der Waals surface area contributed by atoms with Crippen molar-refractivity contribution in [1.82, 2.24) is 3.85 Å². The van der Waals surface area contributed by atoms with Crippen molar-refractivity contribution >= 4 is 28.3 Å². The van der Waals surface area contributed by atoms with Gasteiger partial charge in [0, 0.05) is 0 Å². The molecule has 0 rings (SSSR count). The first-order valence-electron chi connectivity index (χ1n) is 1.77. The molecule has 0 bridgehead atoms. The van der Waals surface area contributed by atoms with Crippen LogP contribution in [0.5, 0.6) is 0 Å². The molecule has 4 N–H and O–H groups in total. The molecular formula is H5NO6P2S. The lowest BCUT2D eigenvalue weighted by atomic mass is 13.8. The molecule has 10 heavy (non-hydrogen) atoms. The highest BCUT2D eigenvalue weighted by Crippen LogP contribution is 2.59. The Morgan fingerprint density at radius 2 is 1.20 bits per heavy atom. The predicted molar refractivity (Wildman–Crippen MR) is 34.9 cm³/mol. The van der Waals surface area contributed by atoms with Crippen LogP contribution >= 0.6 is 28.3 Å². The van der Waals surface area contributed by atoms with Crippen LogP contribution in [0.1, 0.15) is 0 Å². The molecule has 0 unspecified atom stereocenters. The Bertz CT molecular complexity index is 178. The summed E-state index contributed by atoms with van der Waals surface area (Å²) in [5, 5.41) is 0. The van der Waals surface area contributed by atoms with Crippen molar-refractivity contribution in [3.63, 3.8) is 0 Å². The van der Waals surface area contributed by atoms with Crippen molar-refractivity contribution in [2.45, 2.75) is 0 Å². The van der Waals surface area contributed by atoms with E-state index in [9.17, 15) is 9.13 Å². The van der Waals surface area contributed by atoms with E-state index in [4.69, 9.17) is 19.6 Å². The Hall–Kier alpha value is 0.610. The van der Waals surface area contributed by atoms with E-state index in [1.54, 1.807) is 0 Å². The van der Waals surface area contributed by atoms with E-state index in [0.717, 1.165) is 0 Å². The minimum atomic E-state index is -4.94. The van der Waals surface area contributed by atoms with E-state index in [-0.39, 0.29) is 0 Å². The van der Waals surface area contributed by atoms with E-state index < -0.39 is 19.3 Å². The van der Waals surface area contributed by atoms with Gasteiger partial charge < -0.3 is 19.6 Å². The van der Waals surface area contributed by atoms with Crippen molar-refractivity contribution in [2.75, 3.05) is 0 Å². The average molecular weight is 209 g/mol. The molecular weight excluding hydrogens is 204 g/mol. The van der Waals surface area contributed by atoms with Crippen LogP contribution in [-0.4, -0.2) is 23.4 Å². The van der Waals surface area contributed by atoms with Gasteiger partial charge in [0.15, 0.2) is 0 Å². The molecule has 0 atom stereocenters. The van der Waals surface area contributed by atoms with Crippen molar-refractivity contribution in [3.05, 3.63) is 0 Å². The van der Waals surface area contributed by atoms with Gasteiger partial charge in [0.25, 0.3) is 0 Å². The molecule has 0 aliphatic carbocycles. The second kappa shape index (κ2) is 2.92. The third kappa shape index (κ3) is 3.14. The summed E-state index contributed by atoms with van der Waals surface area (Å²) in [7, 11) is -9.89. The largest absolute Gasteiger partial charge is 0.422 e. The van der Waals surface area contributed by atoms with Gasteiger partial charge in [-0.2, -0.15) is 0 Å². The highest BCUT2D eigenvalue weighted by Gasteiger charge is 2.36. The van der Waals surface area contributed by atoms with Crippen molar-refractivity contribution in [3.8, 4) is 0 Å². The fraction of sp³-hybridized carbons (Fsp3) is 0. The summed E-state index contributed by atoms with van der Waals surface area (Å²) < 4.78 is 19.5. The minimum absolute atomic E-state index is 0.597. The van der Waals surface area contributed by atoms with Crippen LogP contribution in [0.15, 0.2) is 0 Å². The maximum Gasteiger partial charge on any atom is 0.422 e. The molecule has 0 amide bonds. The zero-order valence-electron chi connectivity index (χ0n) is 4.39. The van der Waals surface area contributed by atoms with Gasteiger partial charge in [-0.15, -0.1) is 0 Å². The molecule has 0 aliphatic heterocycles. The first-order valence-corrected chi connectivity index (χ1v) is 5.30. The van der Waals surface area contributed by atoms with Crippen molar-refractivity contribution in [1.29, 1.82) is 0 Å². The lowest BCUT2D eigenvalue weighted by Crippen LogP contribution is -2.03. The molecule has 0 aromatic rings. The van der Waals surface area contributed by atoms with Gasteiger partial charge in [0.2, 0.25) is 0 Å². The molecule has 0 radical (unpaired) electrons. The maximum absolute atomic E-state index is 10.0. The van der Waals surface area contributed by atoms with Crippen LogP contribution in [0, 0.1) is 0 Å². The summed E-state index contributed by atoms with van der Waals surface area (Å²) in [6.07, 6.45) is 0. The van der Waals surface area contributed by atoms with E-state index in [1.807, 2.05) is 0 Å². The first-order chi connectivity index (χ1) is 4.15. The molecule has 0 aromatic carbocycles. The van der Waals surface area contributed by atoms with Gasteiger partial charge in [-0.25, -0.2) is 9.13 Å². The van der Waals surface area contributed by atoms with Gasteiger partial charge >= 0.3 is 15.5 Å². The number of rotatable bonds is 2. The van der Waals surface area contributed by atoms with Gasteiger partial charge in [-0.3, -0.25) is 0 Å². The summed E-state index contributed by atoms with van der Waals surface area (Å²) in [4.78, 5) is 32.4. The average Bonchev–Trinajstić information content (AvgIpc) is 1.59. The van der Waals surface area contributed by atoms with Gasteiger partial charge in [0.05, 0.1) is 0 Å². The summed E-state index contributed by atoms with van der Waals surface area (Å²) in [5.74, 6) is 0. The standard InChI is InChI=1S/H5NO6P2S/c2-8(3,4)1(10)9(5,6)7/h10H,(H2,2,3,4)(H2,5,6,7). The fourth-order valence-electron chi connectivity index (χ4n) is 0.152. The zero-order chi connectivity index (χ0) is 8.58. The van der Waals surface area contributed by atoms with Crippen LogP contribution in [-0.2, 0) is 9.13 Å². The quantitative estimate of drug-likeness (QED) is 0.302. The molecule has 0 saturated carbocycles. The highest BCUT2D eigenvalue weighted by molar-refractivity contribution is 7.93. The summed E-state index contributed by atoms with van der Waals surface area (Å²) in [6, 6.07) is 0. The minimum Gasteiger partial charge on any atom is -0.312 e. The summed E-state index contributed by atoms with van der Waals surface area (Å²) >= 11 is 2.90. The van der Waals surface area contributed by atoms with Gasteiger partial charge in [0.1, 0.15) is 0 Å². The van der Waals surface area contributed by atoms with E-state index in [2.05, 4.69) is 12.8 Å². The fourth-order valence-corrected chi connectivity index (χ4v) is 1.37. The monoisotopic (exact) mass is 209 g/mol. The van der Waals surface area contributed by atoms with E-state index >= 15 is 0 Å². The van der Waals surface area contributed by atoms with Crippen LogP contribution in [0.2, 0.25) is 0 Å². The number of thiol groups is 1. The second-order valence-electron chi connectivity index (χ2n) is 1.29. The molecule has 0 aromatic heterocycles. The molecule has 0 heterocycles. The Kier molecular flexibility index (Phi) is 3.10. The second-order valence-corrected chi connectivity index (χ2v) is 5.49. The normalized spacial score (nSPS) is 14.2. The van der Waals surface area contributed by atoms with E-state index in [1.165, 1.54) is 0 Å². The van der Waals surface area contributed by atoms with Gasteiger partial charge in [-0.05, 0) is 0 Å². The van der Waals surface area contributed by atoms with Crippen LogP contribution in [0.25, 0.3) is 0 Å². The Balaban J connectivity index is 4.56. The molecule has 0 fully saturated rings.